The van der Waals surface area contributed by atoms with Crippen molar-refractivity contribution in [3.05, 3.63) is 46.6 Å². The minimum absolute atomic E-state index is 0.0571. The van der Waals surface area contributed by atoms with E-state index in [1.165, 1.54) is 6.07 Å². The van der Waals surface area contributed by atoms with Crippen LogP contribution in [0.1, 0.15) is 29.8 Å². The Morgan fingerprint density at radius 3 is 2.76 bits per heavy atom. The zero-order valence-electron chi connectivity index (χ0n) is 10.0. The Morgan fingerprint density at radius 2 is 2.06 bits per heavy atom. The third-order valence-corrected chi connectivity index (χ3v) is 4.07. The Bertz CT molecular complexity index is 519. The summed E-state index contributed by atoms with van der Waals surface area (Å²) < 4.78 is 13.7. The molecular weight excluding hydrogens is 233 g/mol. The summed E-state index contributed by atoms with van der Waals surface area (Å²) in [6.07, 6.45) is 0.899. The van der Waals surface area contributed by atoms with Gasteiger partial charge in [0.2, 0.25) is 0 Å². The molecule has 1 nitrogen and oxygen atoms in total. The number of halogens is 1. The maximum absolute atomic E-state index is 13.7. The minimum atomic E-state index is -0.172. The SMILES string of the molecule is CCC(N)c1ccc(-c2cc(C)ccc2F)s1. The molecule has 2 rings (SSSR count). The second kappa shape index (κ2) is 4.98. The maximum Gasteiger partial charge on any atom is 0.131 e. The summed E-state index contributed by atoms with van der Waals surface area (Å²) in [6.45, 7) is 4.02. The molecule has 1 atom stereocenters. The first kappa shape index (κ1) is 12.3. The van der Waals surface area contributed by atoms with Gasteiger partial charge in [0.25, 0.3) is 0 Å². The highest BCUT2D eigenvalue weighted by atomic mass is 32.1. The predicted octanol–water partition coefficient (Wildman–Crippen LogP) is 4.27. The minimum Gasteiger partial charge on any atom is -0.323 e. The summed E-state index contributed by atoms with van der Waals surface area (Å²) in [4.78, 5) is 2.06. The number of aryl methyl sites for hydroxylation is 1. The Labute approximate surface area is 105 Å². The number of rotatable bonds is 3. The molecular formula is C14H16FNS. The first-order chi connectivity index (χ1) is 8.11. The fourth-order valence-electron chi connectivity index (χ4n) is 1.73. The smallest absolute Gasteiger partial charge is 0.131 e. The molecule has 0 aliphatic heterocycles. The number of thiophene rings is 1. The molecule has 0 amide bonds. The monoisotopic (exact) mass is 249 g/mol. The van der Waals surface area contributed by atoms with Crippen molar-refractivity contribution in [3.8, 4) is 10.4 Å². The Hall–Kier alpha value is -1.19. The second-order valence-electron chi connectivity index (χ2n) is 4.20. The molecule has 2 N–H and O–H groups in total. The van der Waals surface area contributed by atoms with E-state index in [-0.39, 0.29) is 11.9 Å². The zero-order chi connectivity index (χ0) is 12.4. The lowest BCUT2D eigenvalue weighted by Crippen LogP contribution is -2.05. The van der Waals surface area contributed by atoms with Crippen molar-refractivity contribution in [2.75, 3.05) is 0 Å². The van der Waals surface area contributed by atoms with Gasteiger partial charge >= 0.3 is 0 Å². The second-order valence-corrected chi connectivity index (χ2v) is 5.32. The topological polar surface area (TPSA) is 26.0 Å². The van der Waals surface area contributed by atoms with Crippen LogP contribution in [-0.2, 0) is 0 Å². The van der Waals surface area contributed by atoms with Gasteiger partial charge in [-0.3, -0.25) is 0 Å². The van der Waals surface area contributed by atoms with Gasteiger partial charge < -0.3 is 5.73 Å². The van der Waals surface area contributed by atoms with Crippen molar-refractivity contribution in [1.29, 1.82) is 0 Å². The highest BCUT2D eigenvalue weighted by molar-refractivity contribution is 7.15. The van der Waals surface area contributed by atoms with E-state index in [4.69, 9.17) is 5.73 Å². The van der Waals surface area contributed by atoms with Crippen LogP contribution in [-0.4, -0.2) is 0 Å². The summed E-state index contributed by atoms with van der Waals surface area (Å²) >= 11 is 1.58. The lowest BCUT2D eigenvalue weighted by atomic mass is 10.1. The molecule has 0 radical (unpaired) electrons. The molecule has 0 saturated heterocycles. The molecule has 0 aliphatic rings. The lowest BCUT2D eigenvalue weighted by molar-refractivity contribution is 0.631. The Kier molecular flexibility index (Phi) is 3.60. The molecule has 17 heavy (non-hydrogen) atoms. The van der Waals surface area contributed by atoms with Gasteiger partial charge in [-0.15, -0.1) is 11.3 Å². The molecule has 1 unspecified atom stereocenters. The third-order valence-electron chi connectivity index (χ3n) is 2.82. The molecule has 0 spiro atoms. The maximum atomic E-state index is 13.7. The molecule has 0 bridgehead atoms. The van der Waals surface area contributed by atoms with E-state index in [9.17, 15) is 4.39 Å². The van der Waals surface area contributed by atoms with E-state index in [0.29, 0.717) is 5.56 Å². The van der Waals surface area contributed by atoms with Crippen LogP contribution in [0.25, 0.3) is 10.4 Å². The molecule has 90 valence electrons. The summed E-state index contributed by atoms with van der Waals surface area (Å²) in [7, 11) is 0. The standard InChI is InChI=1S/C14H16FNS/c1-3-12(16)14-7-6-13(17-14)10-8-9(2)4-5-11(10)15/h4-8,12H,3,16H2,1-2H3. The Morgan fingerprint density at radius 1 is 1.29 bits per heavy atom. The van der Waals surface area contributed by atoms with E-state index < -0.39 is 0 Å². The zero-order valence-corrected chi connectivity index (χ0v) is 10.9. The molecule has 2 aromatic rings. The summed E-state index contributed by atoms with van der Waals surface area (Å²) in [5, 5.41) is 0. The van der Waals surface area contributed by atoms with Crippen LogP contribution in [0, 0.1) is 12.7 Å². The van der Waals surface area contributed by atoms with Gasteiger partial charge in [-0.2, -0.15) is 0 Å². The van der Waals surface area contributed by atoms with Gasteiger partial charge in [0.1, 0.15) is 5.82 Å². The third kappa shape index (κ3) is 2.56. The van der Waals surface area contributed by atoms with Crippen LogP contribution >= 0.6 is 11.3 Å². The molecule has 1 heterocycles. The van der Waals surface area contributed by atoms with Crippen LogP contribution in [0.2, 0.25) is 0 Å². The molecule has 0 fully saturated rings. The normalized spacial score (nSPS) is 12.7. The summed E-state index contributed by atoms with van der Waals surface area (Å²) in [5.41, 5.74) is 7.71. The Balaban J connectivity index is 2.40. The molecule has 0 saturated carbocycles. The van der Waals surface area contributed by atoms with Crippen LogP contribution in [0.5, 0.6) is 0 Å². The first-order valence-electron chi connectivity index (χ1n) is 5.73. The average molecular weight is 249 g/mol. The van der Waals surface area contributed by atoms with E-state index in [1.54, 1.807) is 17.4 Å². The quantitative estimate of drug-likeness (QED) is 0.863. The number of benzene rings is 1. The highest BCUT2D eigenvalue weighted by Crippen LogP contribution is 2.33. The van der Waals surface area contributed by atoms with Gasteiger partial charge in [0.15, 0.2) is 0 Å². The van der Waals surface area contributed by atoms with Crippen molar-refractivity contribution >= 4 is 11.3 Å². The van der Waals surface area contributed by atoms with Crippen LogP contribution in [0.4, 0.5) is 4.39 Å². The van der Waals surface area contributed by atoms with Crippen LogP contribution < -0.4 is 5.73 Å². The predicted molar refractivity (Wildman–Crippen MR) is 71.7 cm³/mol. The lowest BCUT2D eigenvalue weighted by Gasteiger charge is -2.04. The van der Waals surface area contributed by atoms with E-state index in [0.717, 1.165) is 21.7 Å². The fraction of sp³-hybridized carbons (Fsp3) is 0.286. The van der Waals surface area contributed by atoms with Crippen molar-refractivity contribution in [2.45, 2.75) is 26.3 Å². The number of nitrogens with two attached hydrogens (primary N) is 1. The van der Waals surface area contributed by atoms with E-state index >= 15 is 0 Å². The largest absolute Gasteiger partial charge is 0.323 e. The number of hydrogen-bond donors (Lipinski definition) is 1. The van der Waals surface area contributed by atoms with E-state index in [1.807, 2.05) is 25.1 Å². The van der Waals surface area contributed by atoms with Gasteiger partial charge in [0, 0.05) is 21.4 Å². The van der Waals surface area contributed by atoms with Crippen LogP contribution in [0.15, 0.2) is 30.3 Å². The fourth-order valence-corrected chi connectivity index (χ4v) is 2.84. The molecule has 1 aromatic heterocycles. The van der Waals surface area contributed by atoms with Crippen molar-refractivity contribution in [2.24, 2.45) is 5.73 Å². The van der Waals surface area contributed by atoms with Gasteiger partial charge in [-0.25, -0.2) is 4.39 Å². The number of hydrogen-bond acceptors (Lipinski definition) is 2. The highest BCUT2D eigenvalue weighted by Gasteiger charge is 2.11. The summed E-state index contributed by atoms with van der Waals surface area (Å²) in [6, 6.07) is 9.18. The van der Waals surface area contributed by atoms with Crippen molar-refractivity contribution in [1.82, 2.24) is 0 Å². The first-order valence-corrected chi connectivity index (χ1v) is 6.55. The molecule has 1 aromatic carbocycles. The summed E-state index contributed by atoms with van der Waals surface area (Å²) in [5.74, 6) is -0.172. The van der Waals surface area contributed by atoms with Crippen molar-refractivity contribution < 1.29 is 4.39 Å². The van der Waals surface area contributed by atoms with Gasteiger partial charge in [-0.05, 0) is 37.6 Å². The van der Waals surface area contributed by atoms with Gasteiger partial charge in [-0.1, -0.05) is 18.6 Å². The molecule has 3 heteroatoms. The average Bonchev–Trinajstić information content (AvgIpc) is 2.80. The van der Waals surface area contributed by atoms with Gasteiger partial charge in [0.05, 0.1) is 0 Å². The molecule has 0 aliphatic carbocycles. The van der Waals surface area contributed by atoms with E-state index in [2.05, 4.69) is 6.92 Å². The van der Waals surface area contributed by atoms with Crippen molar-refractivity contribution in [3.63, 3.8) is 0 Å². The van der Waals surface area contributed by atoms with Crippen LogP contribution in [0.3, 0.4) is 0 Å².